The Labute approximate surface area is 222 Å². The van der Waals surface area contributed by atoms with Gasteiger partial charge in [-0.05, 0) is 43.2 Å². The quantitative estimate of drug-likeness (QED) is 0.335. The second kappa shape index (κ2) is 8.91. The molecule has 2 N–H and O–H groups in total. The van der Waals surface area contributed by atoms with E-state index in [-0.39, 0.29) is 0 Å². The molecule has 0 spiro atoms. The lowest BCUT2D eigenvalue weighted by Crippen LogP contribution is -2.36. The summed E-state index contributed by atoms with van der Waals surface area (Å²) >= 11 is 1.56. The van der Waals surface area contributed by atoms with Crippen LogP contribution in [0.15, 0.2) is 54.3 Å². The Kier molecular flexibility index (Phi) is 5.36. The molecule has 2 amide bonds. The summed E-state index contributed by atoms with van der Waals surface area (Å²) < 4.78 is 2.21. The molecule has 1 saturated heterocycles. The second-order valence-electron chi connectivity index (χ2n) is 9.85. The lowest BCUT2D eigenvalue weighted by Gasteiger charge is -2.32. The van der Waals surface area contributed by atoms with E-state index in [0.29, 0.717) is 34.3 Å². The highest BCUT2D eigenvalue weighted by atomic mass is 32.1. The van der Waals surface area contributed by atoms with E-state index in [1.807, 2.05) is 55.0 Å². The lowest BCUT2D eigenvalue weighted by molar-refractivity contribution is -0.122. The van der Waals surface area contributed by atoms with Crippen molar-refractivity contribution in [2.75, 3.05) is 18.0 Å². The predicted octanol–water partition coefficient (Wildman–Crippen LogP) is 4.16. The van der Waals surface area contributed by atoms with Gasteiger partial charge in [0.25, 0.3) is 11.8 Å². The summed E-state index contributed by atoms with van der Waals surface area (Å²) in [5.41, 5.74) is 2.60. The summed E-state index contributed by atoms with van der Waals surface area (Å²) in [5, 5.41) is 6.14. The first kappa shape index (κ1) is 22.9. The van der Waals surface area contributed by atoms with E-state index in [4.69, 9.17) is 9.97 Å². The first-order valence-electron chi connectivity index (χ1n) is 12.7. The van der Waals surface area contributed by atoms with E-state index >= 15 is 0 Å². The van der Waals surface area contributed by atoms with Crippen LogP contribution < -0.4 is 10.2 Å². The van der Waals surface area contributed by atoms with Crippen molar-refractivity contribution in [3.05, 3.63) is 71.4 Å². The molecule has 0 radical (unpaired) electrons. The molecular weight excluding hydrogens is 498 g/mol. The third-order valence-corrected chi connectivity index (χ3v) is 8.45. The number of fused-ring (bicyclic) bond motifs is 2. The average Bonchev–Trinajstić information content (AvgIpc) is 3.70. The number of nitrogens with zero attached hydrogens (tertiary/aromatic N) is 5. The summed E-state index contributed by atoms with van der Waals surface area (Å²) in [6.07, 6.45) is 7.70. The van der Waals surface area contributed by atoms with Gasteiger partial charge in [0.1, 0.15) is 10.7 Å². The maximum absolute atomic E-state index is 13.2. The molecule has 2 aliphatic rings. The van der Waals surface area contributed by atoms with Crippen molar-refractivity contribution in [3.8, 4) is 0 Å². The number of carbonyl (C=O) groups is 2. The van der Waals surface area contributed by atoms with Crippen LogP contribution in [0.5, 0.6) is 0 Å². The number of thiophene rings is 1. The van der Waals surface area contributed by atoms with Crippen molar-refractivity contribution in [2.45, 2.75) is 26.3 Å². The molecule has 5 aromatic rings. The van der Waals surface area contributed by atoms with Gasteiger partial charge >= 0.3 is 0 Å². The molecule has 10 heteroatoms. The molecule has 6 heterocycles. The number of aromatic amines is 1. The van der Waals surface area contributed by atoms with Gasteiger partial charge in [0.15, 0.2) is 0 Å². The number of anilines is 1. The number of piperidine rings is 1. The van der Waals surface area contributed by atoms with Gasteiger partial charge in [-0.3, -0.25) is 14.9 Å². The number of aryl methyl sites for hydroxylation is 1. The van der Waals surface area contributed by atoms with Crippen LogP contribution in [0.4, 0.5) is 5.95 Å². The summed E-state index contributed by atoms with van der Waals surface area (Å²) in [4.78, 5) is 46.9. The SMILES string of the molecule is Cc1nccn1CC1CCN(c2nc(C3=C(c4c[nH]c5sccc45)C(=O)NC3=O)c3ccccc3n2)CC1. The van der Waals surface area contributed by atoms with E-state index in [9.17, 15) is 9.59 Å². The monoisotopic (exact) mass is 523 g/mol. The molecular formula is C28H25N7O2S. The van der Waals surface area contributed by atoms with Crippen LogP contribution in [0.3, 0.4) is 0 Å². The fraction of sp³-hybridized carbons (Fsp3) is 0.250. The molecule has 38 heavy (non-hydrogen) atoms. The van der Waals surface area contributed by atoms with E-state index in [1.165, 1.54) is 0 Å². The Morgan fingerprint density at radius 3 is 2.66 bits per heavy atom. The van der Waals surface area contributed by atoms with Crippen molar-refractivity contribution in [1.29, 1.82) is 0 Å². The summed E-state index contributed by atoms with van der Waals surface area (Å²) in [6.45, 7) is 4.63. The molecule has 0 unspecified atom stereocenters. The number of nitrogens with one attached hydrogen (secondary N) is 2. The second-order valence-corrected chi connectivity index (χ2v) is 10.8. The van der Waals surface area contributed by atoms with E-state index in [2.05, 4.69) is 24.8 Å². The standard InChI is InChI=1S/C28H25N7O2S/c1-16-29-9-12-35(16)15-17-6-10-34(11-7-17)28-31-21-5-3-2-4-19(21)24(32-28)23-22(25(36)33-26(23)37)20-14-30-27-18(20)8-13-38-27/h2-5,8-9,12-14,17,30H,6-7,10-11,15H2,1H3,(H,33,36,37). The number of para-hydroxylation sites is 1. The highest BCUT2D eigenvalue weighted by Gasteiger charge is 2.36. The zero-order valence-electron chi connectivity index (χ0n) is 20.8. The Morgan fingerprint density at radius 1 is 1.03 bits per heavy atom. The third-order valence-electron chi connectivity index (χ3n) is 7.61. The first-order chi connectivity index (χ1) is 18.6. The fourth-order valence-electron chi connectivity index (χ4n) is 5.58. The number of benzene rings is 1. The van der Waals surface area contributed by atoms with Gasteiger partial charge in [0.2, 0.25) is 5.95 Å². The highest BCUT2D eigenvalue weighted by molar-refractivity contribution is 7.16. The zero-order valence-corrected chi connectivity index (χ0v) is 21.6. The van der Waals surface area contributed by atoms with E-state index in [1.54, 1.807) is 17.5 Å². The Morgan fingerprint density at radius 2 is 1.84 bits per heavy atom. The van der Waals surface area contributed by atoms with Crippen molar-refractivity contribution in [1.82, 2.24) is 29.8 Å². The summed E-state index contributed by atoms with van der Waals surface area (Å²) in [6, 6.07) is 9.64. The molecule has 1 aromatic carbocycles. The first-order valence-corrected chi connectivity index (χ1v) is 13.6. The molecule has 0 saturated carbocycles. The molecule has 9 nitrogen and oxygen atoms in total. The Balaban J connectivity index is 1.29. The predicted molar refractivity (Wildman–Crippen MR) is 148 cm³/mol. The van der Waals surface area contributed by atoms with Crippen LogP contribution >= 0.6 is 11.3 Å². The van der Waals surface area contributed by atoms with Crippen LogP contribution in [-0.2, 0) is 16.1 Å². The Hall–Kier alpha value is -4.31. The van der Waals surface area contributed by atoms with Gasteiger partial charge in [0.05, 0.1) is 22.4 Å². The van der Waals surface area contributed by atoms with Crippen LogP contribution in [0, 0.1) is 12.8 Å². The molecule has 1 fully saturated rings. The number of H-pyrrole nitrogens is 1. The van der Waals surface area contributed by atoms with Gasteiger partial charge in [-0.25, -0.2) is 15.0 Å². The number of imide groups is 1. The number of carbonyl (C=O) groups excluding carboxylic acids is 2. The largest absolute Gasteiger partial charge is 0.352 e. The molecule has 7 rings (SSSR count). The van der Waals surface area contributed by atoms with Crippen LogP contribution in [0.2, 0.25) is 0 Å². The lowest BCUT2D eigenvalue weighted by atomic mass is 9.96. The number of imidazole rings is 1. The fourth-order valence-corrected chi connectivity index (χ4v) is 6.35. The number of aromatic nitrogens is 5. The smallest absolute Gasteiger partial charge is 0.261 e. The normalized spacial score (nSPS) is 16.8. The molecule has 0 atom stereocenters. The summed E-state index contributed by atoms with van der Waals surface area (Å²) in [7, 11) is 0. The van der Waals surface area contributed by atoms with Crippen molar-refractivity contribution < 1.29 is 9.59 Å². The number of amides is 2. The topological polar surface area (TPSA) is 109 Å². The maximum atomic E-state index is 13.2. The zero-order chi connectivity index (χ0) is 25.8. The highest BCUT2D eigenvalue weighted by Crippen LogP contribution is 2.38. The van der Waals surface area contributed by atoms with Gasteiger partial charge in [-0.1, -0.05) is 18.2 Å². The van der Waals surface area contributed by atoms with Crippen LogP contribution in [-0.4, -0.2) is 49.4 Å². The maximum Gasteiger partial charge on any atom is 0.261 e. The summed E-state index contributed by atoms with van der Waals surface area (Å²) in [5.74, 6) is 1.33. The van der Waals surface area contributed by atoms with Crippen molar-refractivity contribution >= 4 is 61.4 Å². The average molecular weight is 524 g/mol. The minimum atomic E-state index is -0.432. The Bertz CT molecular complexity index is 1750. The van der Waals surface area contributed by atoms with Crippen molar-refractivity contribution in [3.63, 3.8) is 0 Å². The number of hydrogen-bond donors (Lipinski definition) is 2. The van der Waals surface area contributed by atoms with Crippen molar-refractivity contribution in [2.24, 2.45) is 5.92 Å². The van der Waals surface area contributed by atoms with E-state index in [0.717, 1.165) is 59.4 Å². The number of rotatable bonds is 5. The molecule has 0 aliphatic carbocycles. The van der Waals surface area contributed by atoms with Gasteiger partial charge in [0, 0.05) is 54.6 Å². The van der Waals surface area contributed by atoms with Gasteiger partial charge in [-0.2, -0.15) is 0 Å². The molecule has 190 valence electrons. The molecule has 2 aliphatic heterocycles. The van der Waals surface area contributed by atoms with Crippen LogP contribution in [0.25, 0.3) is 32.3 Å². The van der Waals surface area contributed by atoms with Gasteiger partial charge < -0.3 is 14.5 Å². The van der Waals surface area contributed by atoms with E-state index < -0.39 is 11.8 Å². The molecule has 4 aromatic heterocycles. The van der Waals surface area contributed by atoms with Gasteiger partial charge in [-0.15, -0.1) is 11.3 Å². The molecule has 0 bridgehead atoms. The third kappa shape index (κ3) is 3.71. The minimum Gasteiger partial charge on any atom is -0.352 e. The number of hydrogen-bond acceptors (Lipinski definition) is 7. The minimum absolute atomic E-state index is 0.299. The van der Waals surface area contributed by atoms with Crippen LogP contribution in [0.1, 0.15) is 29.9 Å².